The second-order valence-electron chi connectivity index (χ2n) is 5.35. The van der Waals surface area contributed by atoms with Crippen LogP contribution in [0.3, 0.4) is 0 Å². The molecule has 2 aromatic rings. The van der Waals surface area contributed by atoms with Gasteiger partial charge in [-0.2, -0.15) is 0 Å². The predicted molar refractivity (Wildman–Crippen MR) is 88.0 cm³/mol. The molecule has 0 bridgehead atoms. The van der Waals surface area contributed by atoms with Crippen LogP contribution in [0.5, 0.6) is 0 Å². The highest BCUT2D eigenvalue weighted by Gasteiger charge is 2.03. The van der Waals surface area contributed by atoms with Crippen LogP contribution in [0.2, 0.25) is 0 Å². The minimum Gasteiger partial charge on any atom is -0.312 e. The Morgan fingerprint density at radius 1 is 1.21 bits per heavy atom. The predicted octanol–water partition coefficient (Wildman–Crippen LogP) is 5.39. The molecule has 0 spiro atoms. The van der Waals surface area contributed by atoms with Crippen LogP contribution in [0.25, 0.3) is 10.4 Å². The number of rotatable bonds is 8. The summed E-state index contributed by atoms with van der Waals surface area (Å²) in [4.78, 5) is 2.81. The molecule has 1 N–H and O–H groups in total. The normalized spacial score (nSPS) is 11.3. The van der Waals surface area contributed by atoms with Gasteiger partial charge in [-0.1, -0.05) is 32.8 Å². The van der Waals surface area contributed by atoms with E-state index in [-0.39, 0.29) is 0 Å². The van der Waals surface area contributed by atoms with Gasteiger partial charge in [0.15, 0.2) is 0 Å². The molecule has 3 heteroatoms. The molecule has 0 aromatic carbocycles. The van der Waals surface area contributed by atoms with Crippen LogP contribution in [-0.2, 0) is 6.54 Å². The van der Waals surface area contributed by atoms with Crippen molar-refractivity contribution in [2.24, 2.45) is 5.92 Å². The SMILES string of the molecule is CC(C)CCCCNCc1cc(-c2cccs2)cs1. The summed E-state index contributed by atoms with van der Waals surface area (Å²) in [6.07, 6.45) is 3.99. The number of hydrogen-bond acceptors (Lipinski definition) is 3. The molecule has 0 radical (unpaired) electrons. The zero-order valence-corrected chi connectivity index (χ0v) is 13.4. The first-order chi connectivity index (χ1) is 9.25. The molecule has 0 saturated carbocycles. The molecule has 19 heavy (non-hydrogen) atoms. The van der Waals surface area contributed by atoms with Crippen LogP contribution in [0.4, 0.5) is 0 Å². The minimum absolute atomic E-state index is 0.839. The summed E-state index contributed by atoms with van der Waals surface area (Å²) in [6, 6.07) is 6.62. The Bertz CT molecular complexity index is 457. The fraction of sp³-hybridized carbons (Fsp3) is 0.500. The molecular formula is C16H23NS2. The Morgan fingerprint density at radius 2 is 2.11 bits per heavy atom. The maximum atomic E-state index is 3.55. The fourth-order valence-corrected chi connectivity index (χ4v) is 3.70. The number of unbranched alkanes of at least 4 members (excludes halogenated alkanes) is 1. The van der Waals surface area contributed by atoms with Crippen molar-refractivity contribution in [1.29, 1.82) is 0 Å². The molecule has 0 aliphatic carbocycles. The van der Waals surface area contributed by atoms with E-state index >= 15 is 0 Å². The lowest BCUT2D eigenvalue weighted by Gasteiger charge is -2.05. The largest absolute Gasteiger partial charge is 0.312 e. The highest BCUT2D eigenvalue weighted by Crippen LogP contribution is 2.29. The molecule has 0 aliphatic heterocycles. The lowest BCUT2D eigenvalue weighted by atomic mass is 10.1. The van der Waals surface area contributed by atoms with E-state index in [1.54, 1.807) is 0 Å². The lowest BCUT2D eigenvalue weighted by molar-refractivity contribution is 0.521. The van der Waals surface area contributed by atoms with Crippen molar-refractivity contribution in [2.45, 2.75) is 39.7 Å². The molecule has 0 atom stereocenters. The molecule has 0 amide bonds. The van der Waals surface area contributed by atoms with Gasteiger partial charge in [-0.15, -0.1) is 22.7 Å². The minimum atomic E-state index is 0.839. The van der Waals surface area contributed by atoms with Gasteiger partial charge in [-0.05, 0) is 41.8 Å². The standard InChI is InChI=1S/C16H23NS2/c1-13(2)6-3-4-8-17-11-15-10-14(12-19-15)16-7-5-9-18-16/h5,7,9-10,12-13,17H,3-4,6,8,11H2,1-2H3. The third kappa shape index (κ3) is 5.09. The van der Waals surface area contributed by atoms with Gasteiger partial charge in [0, 0.05) is 21.9 Å². The van der Waals surface area contributed by atoms with Crippen molar-refractivity contribution in [3.8, 4) is 10.4 Å². The van der Waals surface area contributed by atoms with Gasteiger partial charge in [-0.3, -0.25) is 0 Å². The first-order valence-corrected chi connectivity index (χ1v) is 8.83. The number of hydrogen-bond donors (Lipinski definition) is 1. The van der Waals surface area contributed by atoms with Crippen LogP contribution >= 0.6 is 22.7 Å². The van der Waals surface area contributed by atoms with E-state index in [1.807, 2.05) is 22.7 Å². The molecule has 0 aliphatic rings. The van der Waals surface area contributed by atoms with Crippen molar-refractivity contribution >= 4 is 22.7 Å². The summed E-state index contributed by atoms with van der Waals surface area (Å²) >= 11 is 3.67. The third-order valence-corrected chi connectivity index (χ3v) is 5.00. The Hall–Kier alpha value is -0.640. The smallest absolute Gasteiger partial charge is 0.0351 e. The first-order valence-electron chi connectivity index (χ1n) is 7.07. The topological polar surface area (TPSA) is 12.0 Å². The molecule has 2 heterocycles. The Labute approximate surface area is 124 Å². The zero-order chi connectivity index (χ0) is 13.5. The summed E-state index contributed by atoms with van der Waals surface area (Å²) in [5, 5.41) is 7.95. The zero-order valence-electron chi connectivity index (χ0n) is 11.8. The summed E-state index contributed by atoms with van der Waals surface area (Å²) in [7, 11) is 0. The first kappa shape index (κ1) is 14.8. The van der Waals surface area contributed by atoms with Crippen molar-refractivity contribution in [3.05, 3.63) is 33.8 Å². The van der Waals surface area contributed by atoms with E-state index in [9.17, 15) is 0 Å². The maximum Gasteiger partial charge on any atom is 0.0351 e. The summed E-state index contributed by atoms with van der Waals surface area (Å²) < 4.78 is 0. The van der Waals surface area contributed by atoms with E-state index in [0.717, 1.165) is 19.0 Å². The second kappa shape index (κ2) is 7.83. The summed E-state index contributed by atoms with van der Waals surface area (Å²) in [6.45, 7) is 6.74. The fourth-order valence-electron chi connectivity index (χ4n) is 2.06. The molecular weight excluding hydrogens is 270 g/mol. The van der Waals surface area contributed by atoms with E-state index in [4.69, 9.17) is 0 Å². The van der Waals surface area contributed by atoms with Crippen molar-refractivity contribution in [3.63, 3.8) is 0 Å². The average molecular weight is 294 g/mol. The van der Waals surface area contributed by atoms with Crippen molar-refractivity contribution < 1.29 is 0 Å². The van der Waals surface area contributed by atoms with Crippen LogP contribution in [0, 0.1) is 5.92 Å². The highest BCUT2D eigenvalue weighted by molar-refractivity contribution is 7.14. The van der Waals surface area contributed by atoms with E-state index < -0.39 is 0 Å². The highest BCUT2D eigenvalue weighted by atomic mass is 32.1. The summed E-state index contributed by atoms with van der Waals surface area (Å²) in [5.41, 5.74) is 1.37. The van der Waals surface area contributed by atoms with Gasteiger partial charge in [0.2, 0.25) is 0 Å². The van der Waals surface area contributed by atoms with Crippen molar-refractivity contribution in [1.82, 2.24) is 5.32 Å². The molecule has 104 valence electrons. The van der Waals surface area contributed by atoms with E-state index in [0.29, 0.717) is 0 Å². The van der Waals surface area contributed by atoms with Gasteiger partial charge in [0.05, 0.1) is 0 Å². The van der Waals surface area contributed by atoms with Crippen LogP contribution < -0.4 is 5.32 Å². The Morgan fingerprint density at radius 3 is 2.84 bits per heavy atom. The Balaban J connectivity index is 1.67. The maximum absolute atomic E-state index is 3.55. The van der Waals surface area contributed by atoms with Gasteiger partial charge in [0.1, 0.15) is 0 Å². The quantitative estimate of drug-likeness (QED) is 0.643. The van der Waals surface area contributed by atoms with Gasteiger partial charge < -0.3 is 5.32 Å². The number of thiophene rings is 2. The van der Waals surface area contributed by atoms with Crippen LogP contribution in [0.15, 0.2) is 29.0 Å². The van der Waals surface area contributed by atoms with Crippen LogP contribution in [0.1, 0.15) is 38.0 Å². The molecule has 0 fully saturated rings. The van der Waals surface area contributed by atoms with E-state index in [2.05, 4.69) is 48.1 Å². The summed E-state index contributed by atoms with van der Waals surface area (Å²) in [5.74, 6) is 0.839. The average Bonchev–Trinajstić information content (AvgIpc) is 3.03. The van der Waals surface area contributed by atoms with Gasteiger partial charge >= 0.3 is 0 Å². The van der Waals surface area contributed by atoms with Crippen molar-refractivity contribution in [2.75, 3.05) is 6.54 Å². The monoisotopic (exact) mass is 293 g/mol. The van der Waals surface area contributed by atoms with Gasteiger partial charge in [0.25, 0.3) is 0 Å². The van der Waals surface area contributed by atoms with E-state index in [1.165, 1.54) is 34.6 Å². The molecule has 2 aromatic heterocycles. The molecule has 0 saturated heterocycles. The molecule has 1 nitrogen and oxygen atoms in total. The second-order valence-corrected chi connectivity index (χ2v) is 7.29. The Kier molecular flexibility index (Phi) is 6.08. The third-order valence-electron chi connectivity index (χ3n) is 3.14. The van der Waals surface area contributed by atoms with Gasteiger partial charge in [-0.25, -0.2) is 0 Å². The lowest BCUT2D eigenvalue weighted by Crippen LogP contribution is -2.13. The molecule has 0 unspecified atom stereocenters. The molecule has 2 rings (SSSR count). The number of nitrogens with one attached hydrogen (secondary N) is 1. The van der Waals surface area contributed by atoms with Crippen LogP contribution in [-0.4, -0.2) is 6.54 Å².